The van der Waals surface area contributed by atoms with Crippen LogP contribution < -0.4 is 11.2 Å². The van der Waals surface area contributed by atoms with Gasteiger partial charge in [0.15, 0.2) is 0 Å². The van der Waals surface area contributed by atoms with Crippen molar-refractivity contribution >= 4 is 5.97 Å². The summed E-state index contributed by atoms with van der Waals surface area (Å²) in [4.78, 5) is 37.3. The van der Waals surface area contributed by atoms with E-state index in [1.165, 1.54) is 16.8 Å². The van der Waals surface area contributed by atoms with Crippen LogP contribution >= 0.6 is 0 Å². The minimum absolute atomic E-state index is 0.0180. The lowest BCUT2D eigenvalue weighted by Crippen LogP contribution is -2.30. The Labute approximate surface area is 154 Å². The maximum absolute atomic E-state index is 12.2. The van der Waals surface area contributed by atoms with E-state index in [1.807, 2.05) is 36.4 Å². The Morgan fingerprint density at radius 1 is 0.963 bits per heavy atom. The fourth-order valence-corrected chi connectivity index (χ4v) is 2.43. The summed E-state index contributed by atoms with van der Waals surface area (Å²) in [6.45, 7) is -0.117. The van der Waals surface area contributed by atoms with Crippen molar-refractivity contribution in [1.29, 1.82) is 0 Å². The van der Waals surface area contributed by atoms with E-state index >= 15 is 0 Å². The van der Waals surface area contributed by atoms with Gasteiger partial charge < -0.3 is 9.47 Å². The number of hydrogen-bond acceptors (Lipinski definition) is 5. The third-order valence-electron chi connectivity index (χ3n) is 3.86. The molecule has 3 aromatic rings. The number of rotatable bonds is 7. The lowest BCUT2D eigenvalue weighted by atomic mass is 10.1. The van der Waals surface area contributed by atoms with E-state index < -0.39 is 23.3 Å². The summed E-state index contributed by atoms with van der Waals surface area (Å²) in [7, 11) is 0. The van der Waals surface area contributed by atoms with Gasteiger partial charge in [0.05, 0.1) is 5.56 Å². The lowest BCUT2D eigenvalue weighted by molar-refractivity contribution is -0.0377. The highest BCUT2D eigenvalue weighted by atomic mass is 16.6. The maximum Gasteiger partial charge on any atom is 0.338 e. The van der Waals surface area contributed by atoms with Crippen LogP contribution in [0.2, 0.25) is 0 Å². The van der Waals surface area contributed by atoms with Crippen LogP contribution in [0.25, 0.3) is 0 Å². The molecular weight excluding hydrogens is 348 g/mol. The first-order valence-corrected chi connectivity index (χ1v) is 8.32. The minimum atomic E-state index is -0.574. The Morgan fingerprint density at radius 3 is 2.30 bits per heavy atom. The van der Waals surface area contributed by atoms with Gasteiger partial charge in [-0.05, 0) is 17.7 Å². The van der Waals surface area contributed by atoms with Gasteiger partial charge in [-0.25, -0.2) is 9.59 Å². The number of aromatic nitrogens is 2. The molecule has 0 aliphatic rings. The van der Waals surface area contributed by atoms with Gasteiger partial charge in [0.2, 0.25) is 0 Å². The summed E-state index contributed by atoms with van der Waals surface area (Å²) in [5.74, 6) is -0.457. The molecule has 0 radical (unpaired) electrons. The van der Waals surface area contributed by atoms with Crippen molar-refractivity contribution < 1.29 is 14.3 Å². The zero-order valence-electron chi connectivity index (χ0n) is 14.4. The number of hydrogen-bond donors (Lipinski definition) is 1. The van der Waals surface area contributed by atoms with E-state index in [4.69, 9.17) is 9.47 Å². The Kier molecular flexibility index (Phi) is 5.96. The van der Waals surface area contributed by atoms with Crippen molar-refractivity contribution in [3.63, 3.8) is 0 Å². The van der Waals surface area contributed by atoms with E-state index in [0.717, 1.165) is 5.56 Å². The van der Waals surface area contributed by atoms with Gasteiger partial charge in [0.25, 0.3) is 5.56 Å². The largest absolute Gasteiger partial charge is 0.459 e. The van der Waals surface area contributed by atoms with Crippen LogP contribution in [0.3, 0.4) is 0 Å². The predicted octanol–water partition coefficient (Wildman–Crippen LogP) is 2.11. The predicted molar refractivity (Wildman–Crippen MR) is 98.3 cm³/mol. The number of carbonyl (C=O) groups excluding carboxylic acids is 1. The van der Waals surface area contributed by atoms with Crippen molar-refractivity contribution in [2.24, 2.45) is 0 Å². The highest BCUT2D eigenvalue weighted by Crippen LogP contribution is 2.18. The fraction of sp³-hybridized carbons (Fsp3) is 0.150. The average Bonchev–Trinajstić information content (AvgIpc) is 2.70. The lowest BCUT2D eigenvalue weighted by Gasteiger charge is -2.19. The normalized spacial score (nSPS) is 11.7. The third-order valence-corrected chi connectivity index (χ3v) is 3.86. The number of nitrogens with zero attached hydrogens (tertiary/aromatic N) is 1. The molecule has 0 aliphatic carbocycles. The molecule has 27 heavy (non-hydrogen) atoms. The molecule has 2 aromatic carbocycles. The number of ether oxygens (including phenoxy) is 2. The molecule has 1 atom stereocenters. The van der Waals surface area contributed by atoms with Crippen molar-refractivity contribution in [2.75, 3.05) is 6.61 Å². The topological polar surface area (TPSA) is 90.4 Å². The van der Waals surface area contributed by atoms with Gasteiger partial charge in [-0.2, -0.15) is 0 Å². The molecule has 1 N–H and O–H groups in total. The molecule has 0 saturated carbocycles. The van der Waals surface area contributed by atoms with E-state index in [9.17, 15) is 14.4 Å². The third kappa shape index (κ3) is 5.02. The quantitative estimate of drug-likeness (QED) is 0.647. The summed E-state index contributed by atoms with van der Waals surface area (Å²) in [6.07, 6.45) is 0.775. The van der Waals surface area contributed by atoms with Gasteiger partial charge in [0, 0.05) is 12.3 Å². The van der Waals surface area contributed by atoms with E-state index in [0.29, 0.717) is 5.56 Å². The molecule has 0 unspecified atom stereocenters. The summed E-state index contributed by atoms with van der Waals surface area (Å²) < 4.78 is 12.4. The number of aromatic amines is 1. The second-order valence-corrected chi connectivity index (χ2v) is 5.74. The molecule has 7 nitrogen and oxygen atoms in total. The Hall–Kier alpha value is -3.45. The van der Waals surface area contributed by atoms with Crippen LogP contribution in [0.1, 0.15) is 22.0 Å². The van der Waals surface area contributed by atoms with Crippen LogP contribution in [0.4, 0.5) is 0 Å². The van der Waals surface area contributed by atoms with Gasteiger partial charge in [0.1, 0.15) is 19.4 Å². The molecule has 0 saturated heterocycles. The summed E-state index contributed by atoms with van der Waals surface area (Å²) in [5, 5.41) is 0. The highest BCUT2D eigenvalue weighted by molar-refractivity contribution is 5.89. The fourth-order valence-electron chi connectivity index (χ4n) is 2.43. The van der Waals surface area contributed by atoms with Crippen LogP contribution in [0.5, 0.6) is 0 Å². The number of H-pyrrole nitrogens is 1. The Balaban J connectivity index is 1.70. The molecule has 0 amide bonds. The minimum Gasteiger partial charge on any atom is -0.459 e. The Bertz CT molecular complexity index is 996. The number of carbonyl (C=O) groups is 1. The smallest absolute Gasteiger partial charge is 0.338 e. The van der Waals surface area contributed by atoms with Gasteiger partial charge in [-0.15, -0.1) is 0 Å². The van der Waals surface area contributed by atoms with Crippen LogP contribution in [-0.2, 0) is 16.2 Å². The molecule has 3 rings (SSSR count). The van der Waals surface area contributed by atoms with Crippen molar-refractivity contribution in [3.05, 3.63) is 105 Å². The van der Waals surface area contributed by atoms with Crippen LogP contribution in [-0.4, -0.2) is 22.1 Å². The monoisotopic (exact) mass is 366 g/mol. The standard InChI is InChI=1S/C20H18N2O5/c23-18-11-12-22(20(25)21-18)14-27-17(15-7-3-1-4-8-15)13-26-19(24)16-9-5-2-6-10-16/h1-12,17H,13-14H2,(H,21,23,25)/t17-/m0/s1. The zero-order chi connectivity index (χ0) is 19.1. The number of esters is 1. The van der Waals surface area contributed by atoms with Gasteiger partial charge in [-0.3, -0.25) is 14.3 Å². The van der Waals surface area contributed by atoms with E-state index in [1.54, 1.807) is 24.3 Å². The molecule has 7 heteroatoms. The van der Waals surface area contributed by atoms with Crippen molar-refractivity contribution in [2.45, 2.75) is 12.8 Å². The highest BCUT2D eigenvalue weighted by Gasteiger charge is 2.16. The molecule has 1 heterocycles. The molecule has 0 fully saturated rings. The van der Waals surface area contributed by atoms with Crippen LogP contribution in [0.15, 0.2) is 82.5 Å². The van der Waals surface area contributed by atoms with Crippen molar-refractivity contribution in [3.8, 4) is 0 Å². The summed E-state index contributed by atoms with van der Waals surface area (Å²) in [5.41, 5.74) is 0.195. The number of benzene rings is 2. The summed E-state index contributed by atoms with van der Waals surface area (Å²) in [6, 6.07) is 19.1. The van der Waals surface area contributed by atoms with Gasteiger partial charge >= 0.3 is 11.7 Å². The summed E-state index contributed by atoms with van der Waals surface area (Å²) >= 11 is 0. The van der Waals surface area contributed by atoms with E-state index in [-0.39, 0.29) is 13.3 Å². The maximum atomic E-state index is 12.2. The molecule has 1 aromatic heterocycles. The second kappa shape index (κ2) is 8.77. The SMILES string of the molecule is O=C(OC[C@H](OCn1ccc(=O)[nH]c1=O)c1ccccc1)c1ccccc1. The molecular formula is C20H18N2O5. The molecule has 138 valence electrons. The second-order valence-electron chi connectivity index (χ2n) is 5.74. The first-order valence-electron chi connectivity index (χ1n) is 8.32. The van der Waals surface area contributed by atoms with Crippen LogP contribution in [0, 0.1) is 0 Å². The van der Waals surface area contributed by atoms with Crippen molar-refractivity contribution in [1.82, 2.24) is 9.55 Å². The molecule has 0 aliphatic heterocycles. The van der Waals surface area contributed by atoms with E-state index in [2.05, 4.69) is 4.98 Å². The van der Waals surface area contributed by atoms with Gasteiger partial charge in [-0.1, -0.05) is 48.5 Å². The first kappa shape index (κ1) is 18.3. The molecule has 0 bridgehead atoms. The zero-order valence-corrected chi connectivity index (χ0v) is 14.4. The first-order chi connectivity index (χ1) is 13.1. The average molecular weight is 366 g/mol. The number of nitrogens with one attached hydrogen (secondary N) is 1. The molecule has 0 spiro atoms. The Morgan fingerprint density at radius 2 is 1.63 bits per heavy atom.